The van der Waals surface area contributed by atoms with E-state index in [0.717, 1.165) is 0 Å². The zero-order valence-corrected chi connectivity index (χ0v) is 16.2. The van der Waals surface area contributed by atoms with Crippen molar-refractivity contribution in [2.24, 2.45) is 0 Å². The van der Waals surface area contributed by atoms with Crippen LogP contribution in [0.15, 0.2) is 78.9 Å². The molecule has 6 nitrogen and oxygen atoms in total. The molecule has 1 N–H and O–H groups in total. The monoisotopic (exact) mass is 409 g/mol. The van der Waals surface area contributed by atoms with Gasteiger partial charge in [0.25, 0.3) is 5.91 Å². The van der Waals surface area contributed by atoms with Crippen molar-refractivity contribution in [1.82, 2.24) is 0 Å². The maximum atomic E-state index is 13.1. The maximum Gasteiger partial charge on any atom is 0.345 e. The Morgan fingerprint density at radius 1 is 0.900 bits per heavy atom. The van der Waals surface area contributed by atoms with Gasteiger partial charge in [-0.25, -0.2) is 9.18 Å². The Kier molecular flexibility index (Phi) is 7.00. The number of ether oxygens (including phenoxy) is 3. The van der Waals surface area contributed by atoms with E-state index in [0.29, 0.717) is 22.7 Å². The molecule has 1 amide bonds. The van der Waals surface area contributed by atoms with Gasteiger partial charge in [-0.15, -0.1) is 0 Å². The predicted molar refractivity (Wildman–Crippen MR) is 109 cm³/mol. The van der Waals surface area contributed by atoms with Crippen LogP contribution in [0.2, 0.25) is 0 Å². The third kappa shape index (κ3) is 5.81. The van der Waals surface area contributed by atoms with E-state index in [-0.39, 0.29) is 6.61 Å². The van der Waals surface area contributed by atoms with E-state index >= 15 is 0 Å². The summed E-state index contributed by atoms with van der Waals surface area (Å²) in [7, 11) is 1.55. The molecule has 0 aliphatic heterocycles. The number of carbonyl (C=O) groups excluding carboxylic acids is 2. The van der Waals surface area contributed by atoms with Crippen LogP contribution in [0.5, 0.6) is 11.5 Å². The van der Waals surface area contributed by atoms with Gasteiger partial charge in [-0.1, -0.05) is 30.3 Å². The Bertz CT molecular complexity index is 975. The van der Waals surface area contributed by atoms with Crippen LogP contribution in [0.25, 0.3) is 0 Å². The summed E-state index contributed by atoms with van der Waals surface area (Å²) in [6.45, 7) is -0.376. The van der Waals surface area contributed by atoms with Crippen LogP contribution in [0.4, 0.5) is 10.1 Å². The Morgan fingerprint density at radius 2 is 1.53 bits per heavy atom. The molecule has 0 aromatic heterocycles. The van der Waals surface area contributed by atoms with Gasteiger partial charge in [0.15, 0.2) is 6.61 Å². The minimum atomic E-state index is -1.19. The fraction of sp³-hybridized carbons (Fsp3) is 0.130. The molecule has 0 aliphatic rings. The van der Waals surface area contributed by atoms with Crippen LogP contribution in [-0.4, -0.2) is 25.6 Å². The standard InChI is InChI=1S/C23H20FNO5/c1-28-19-11-13-20(14-12-19)29-15-21(26)30-22(16-5-3-2-4-6-16)23(27)25-18-9-7-17(24)8-10-18/h2-14,22H,15H2,1H3,(H,25,27). The van der Waals surface area contributed by atoms with Crippen LogP contribution in [0.1, 0.15) is 11.7 Å². The second-order valence-corrected chi connectivity index (χ2v) is 6.24. The summed E-state index contributed by atoms with van der Waals surface area (Å²) in [4.78, 5) is 25.1. The van der Waals surface area contributed by atoms with E-state index < -0.39 is 23.8 Å². The summed E-state index contributed by atoms with van der Waals surface area (Å²) in [6, 6.07) is 20.6. The molecule has 0 saturated carbocycles. The van der Waals surface area contributed by atoms with Crippen molar-refractivity contribution in [3.05, 3.63) is 90.2 Å². The first kappa shape index (κ1) is 20.9. The van der Waals surface area contributed by atoms with E-state index in [1.807, 2.05) is 0 Å². The van der Waals surface area contributed by atoms with Gasteiger partial charge >= 0.3 is 5.97 Å². The second kappa shape index (κ2) is 10.1. The molecule has 30 heavy (non-hydrogen) atoms. The molecule has 7 heteroatoms. The highest BCUT2D eigenvalue weighted by molar-refractivity contribution is 5.96. The first-order chi connectivity index (χ1) is 14.5. The summed E-state index contributed by atoms with van der Waals surface area (Å²) in [5.41, 5.74) is 0.878. The number of hydrogen-bond donors (Lipinski definition) is 1. The number of carbonyl (C=O) groups is 2. The van der Waals surface area contributed by atoms with Gasteiger partial charge in [0.05, 0.1) is 7.11 Å². The summed E-state index contributed by atoms with van der Waals surface area (Å²) in [6.07, 6.45) is -1.19. The molecule has 0 heterocycles. The summed E-state index contributed by atoms with van der Waals surface area (Å²) >= 11 is 0. The summed E-state index contributed by atoms with van der Waals surface area (Å²) < 4.78 is 28.9. The molecular weight excluding hydrogens is 389 g/mol. The van der Waals surface area contributed by atoms with Gasteiger partial charge in [0.2, 0.25) is 6.10 Å². The molecule has 3 rings (SSSR count). The number of halogens is 1. The zero-order chi connectivity index (χ0) is 21.3. The van der Waals surface area contributed by atoms with Crippen molar-refractivity contribution in [2.75, 3.05) is 19.0 Å². The predicted octanol–water partition coefficient (Wildman–Crippen LogP) is 4.14. The molecule has 0 radical (unpaired) electrons. The van der Waals surface area contributed by atoms with E-state index in [4.69, 9.17) is 14.2 Å². The minimum absolute atomic E-state index is 0.376. The SMILES string of the molecule is COc1ccc(OCC(=O)OC(C(=O)Nc2ccc(F)cc2)c2ccccc2)cc1. The molecule has 1 unspecified atom stereocenters. The van der Waals surface area contributed by atoms with E-state index in [1.54, 1.807) is 61.7 Å². The number of nitrogens with one attached hydrogen (secondary N) is 1. The van der Waals surface area contributed by atoms with Crippen LogP contribution in [0.3, 0.4) is 0 Å². The number of esters is 1. The van der Waals surface area contributed by atoms with Crippen LogP contribution >= 0.6 is 0 Å². The highest BCUT2D eigenvalue weighted by Gasteiger charge is 2.25. The number of hydrogen-bond acceptors (Lipinski definition) is 5. The smallest absolute Gasteiger partial charge is 0.345 e. The molecule has 0 aliphatic carbocycles. The van der Waals surface area contributed by atoms with Gasteiger partial charge in [-0.05, 0) is 48.5 Å². The normalized spacial score (nSPS) is 11.3. The topological polar surface area (TPSA) is 73.9 Å². The lowest BCUT2D eigenvalue weighted by atomic mass is 10.1. The lowest BCUT2D eigenvalue weighted by molar-refractivity contribution is -0.156. The Morgan fingerprint density at radius 3 is 2.17 bits per heavy atom. The Hall–Kier alpha value is -3.87. The Balaban J connectivity index is 1.66. The number of rotatable bonds is 8. The lowest BCUT2D eigenvalue weighted by Crippen LogP contribution is -2.28. The largest absolute Gasteiger partial charge is 0.497 e. The average Bonchev–Trinajstić information content (AvgIpc) is 2.78. The van der Waals surface area contributed by atoms with Crippen molar-refractivity contribution in [3.63, 3.8) is 0 Å². The number of methoxy groups -OCH3 is 1. The number of amides is 1. The van der Waals surface area contributed by atoms with Gasteiger partial charge in [-0.3, -0.25) is 4.79 Å². The molecular formula is C23H20FNO5. The first-order valence-electron chi connectivity index (χ1n) is 9.13. The number of benzene rings is 3. The highest BCUT2D eigenvalue weighted by Crippen LogP contribution is 2.21. The third-order valence-electron chi connectivity index (χ3n) is 4.12. The molecule has 1 atom stereocenters. The van der Waals surface area contributed by atoms with Crippen molar-refractivity contribution in [1.29, 1.82) is 0 Å². The van der Waals surface area contributed by atoms with Crippen molar-refractivity contribution in [2.45, 2.75) is 6.10 Å². The summed E-state index contributed by atoms with van der Waals surface area (Å²) in [5, 5.41) is 2.62. The van der Waals surface area contributed by atoms with Gasteiger partial charge in [0.1, 0.15) is 17.3 Å². The number of anilines is 1. The van der Waals surface area contributed by atoms with Crippen molar-refractivity contribution < 1.29 is 28.2 Å². The van der Waals surface area contributed by atoms with Crippen LogP contribution < -0.4 is 14.8 Å². The Labute approximate surface area is 173 Å². The quantitative estimate of drug-likeness (QED) is 0.566. The zero-order valence-electron chi connectivity index (χ0n) is 16.2. The van der Waals surface area contributed by atoms with Crippen LogP contribution in [0, 0.1) is 5.82 Å². The van der Waals surface area contributed by atoms with Crippen molar-refractivity contribution in [3.8, 4) is 11.5 Å². The van der Waals surface area contributed by atoms with E-state index in [9.17, 15) is 14.0 Å². The lowest BCUT2D eigenvalue weighted by Gasteiger charge is -2.18. The molecule has 0 saturated heterocycles. The molecule has 0 bridgehead atoms. The van der Waals surface area contributed by atoms with Gasteiger partial charge < -0.3 is 19.5 Å². The third-order valence-corrected chi connectivity index (χ3v) is 4.12. The molecule has 0 fully saturated rings. The fourth-order valence-corrected chi connectivity index (χ4v) is 2.62. The van der Waals surface area contributed by atoms with Crippen molar-refractivity contribution >= 4 is 17.6 Å². The van der Waals surface area contributed by atoms with Crippen LogP contribution in [-0.2, 0) is 14.3 Å². The molecule has 0 spiro atoms. The first-order valence-corrected chi connectivity index (χ1v) is 9.13. The molecule has 154 valence electrons. The molecule has 3 aromatic rings. The average molecular weight is 409 g/mol. The van der Waals surface area contributed by atoms with E-state index in [2.05, 4.69) is 5.32 Å². The maximum absolute atomic E-state index is 13.1. The molecule has 3 aromatic carbocycles. The van der Waals surface area contributed by atoms with Gasteiger partial charge in [0, 0.05) is 11.3 Å². The minimum Gasteiger partial charge on any atom is -0.497 e. The van der Waals surface area contributed by atoms with E-state index in [1.165, 1.54) is 24.3 Å². The second-order valence-electron chi connectivity index (χ2n) is 6.24. The highest BCUT2D eigenvalue weighted by atomic mass is 19.1. The van der Waals surface area contributed by atoms with Gasteiger partial charge in [-0.2, -0.15) is 0 Å². The fourth-order valence-electron chi connectivity index (χ4n) is 2.62. The summed E-state index contributed by atoms with van der Waals surface area (Å²) in [5.74, 6) is -0.583.